The van der Waals surface area contributed by atoms with Gasteiger partial charge in [0.05, 0.1) is 12.6 Å². The summed E-state index contributed by atoms with van der Waals surface area (Å²) < 4.78 is 0. The molecule has 0 aliphatic heterocycles. The molecule has 1 atom stereocenters. The minimum absolute atomic E-state index is 0.157. The molecule has 0 spiro atoms. The van der Waals surface area contributed by atoms with Gasteiger partial charge in [0.15, 0.2) is 0 Å². The molecule has 0 unspecified atom stereocenters. The van der Waals surface area contributed by atoms with E-state index in [-0.39, 0.29) is 12.5 Å². The number of rotatable bonds is 4. The molecule has 0 aliphatic rings. The highest BCUT2D eigenvalue weighted by atomic mass is 35.5. The minimum atomic E-state index is -0.429. The van der Waals surface area contributed by atoms with Gasteiger partial charge in [-0.2, -0.15) is 0 Å². The third-order valence-corrected chi connectivity index (χ3v) is 3.61. The van der Waals surface area contributed by atoms with E-state index in [0.29, 0.717) is 10.6 Å². The minimum Gasteiger partial charge on any atom is -0.394 e. The zero-order valence-electron chi connectivity index (χ0n) is 11.1. The highest BCUT2D eigenvalue weighted by Crippen LogP contribution is 2.20. The van der Waals surface area contributed by atoms with Crippen LogP contribution in [0.2, 0.25) is 5.02 Å². The van der Waals surface area contributed by atoms with Crippen molar-refractivity contribution in [3.05, 3.63) is 70.2 Å². The van der Waals surface area contributed by atoms with Gasteiger partial charge in [0.1, 0.15) is 0 Å². The average molecular weight is 290 g/mol. The highest BCUT2D eigenvalue weighted by molar-refractivity contribution is 6.31. The molecular weight excluding hydrogens is 274 g/mol. The van der Waals surface area contributed by atoms with Crippen LogP contribution in [0.1, 0.15) is 27.5 Å². The van der Waals surface area contributed by atoms with Crippen molar-refractivity contribution in [3.63, 3.8) is 0 Å². The van der Waals surface area contributed by atoms with Crippen LogP contribution in [-0.2, 0) is 0 Å². The maximum atomic E-state index is 12.3. The molecular formula is C16H16ClNO2. The number of benzene rings is 2. The predicted molar refractivity (Wildman–Crippen MR) is 79.9 cm³/mol. The predicted octanol–water partition coefficient (Wildman–Crippen LogP) is 3.11. The second-order valence-electron chi connectivity index (χ2n) is 4.53. The van der Waals surface area contributed by atoms with E-state index in [1.807, 2.05) is 30.3 Å². The lowest BCUT2D eigenvalue weighted by molar-refractivity contribution is 0.0915. The smallest absolute Gasteiger partial charge is 0.252 e. The Bertz CT molecular complexity index is 599. The van der Waals surface area contributed by atoms with Crippen LogP contribution in [0.5, 0.6) is 0 Å². The van der Waals surface area contributed by atoms with Gasteiger partial charge >= 0.3 is 0 Å². The molecule has 0 saturated carbocycles. The Labute approximate surface area is 123 Å². The summed E-state index contributed by atoms with van der Waals surface area (Å²) in [6.07, 6.45) is 0. The first-order valence-electron chi connectivity index (χ1n) is 6.35. The molecule has 0 radical (unpaired) electrons. The number of amides is 1. The van der Waals surface area contributed by atoms with E-state index in [0.717, 1.165) is 11.1 Å². The molecule has 0 aliphatic carbocycles. The molecule has 2 N–H and O–H groups in total. The Morgan fingerprint density at radius 3 is 2.55 bits per heavy atom. The Kier molecular flexibility index (Phi) is 4.77. The fourth-order valence-corrected chi connectivity index (χ4v) is 2.18. The van der Waals surface area contributed by atoms with Crippen molar-refractivity contribution in [3.8, 4) is 0 Å². The molecule has 1 amide bonds. The van der Waals surface area contributed by atoms with Crippen LogP contribution < -0.4 is 5.32 Å². The molecule has 4 heteroatoms. The van der Waals surface area contributed by atoms with Crippen LogP contribution in [0.4, 0.5) is 0 Å². The number of nitrogens with one attached hydrogen (secondary N) is 1. The van der Waals surface area contributed by atoms with Crippen LogP contribution >= 0.6 is 11.6 Å². The topological polar surface area (TPSA) is 49.3 Å². The van der Waals surface area contributed by atoms with Crippen LogP contribution in [-0.4, -0.2) is 17.6 Å². The number of hydrogen-bond acceptors (Lipinski definition) is 2. The number of aliphatic hydroxyl groups excluding tert-OH is 1. The maximum Gasteiger partial charge on any atom is 0.252 e. The van der Waals surface area contributed by atoms with Gasteiger partial charge < -0.3 is 10.4 Å². The van der Waals surface area contributed by atoms with E-state index in [9.17, 15) is 9.90 Å². The Hall–Kier alpha value is -1.84. The summed E-state index contributed by atoms with van der Waals surface area (Å²) in [5.41, 5.74) is 2.12. The average Bonchev–Trinajstić information content (AvgIpc) is 2.48. The molecule has 0 heterocycles. The van der Waals surface area contributed by atoms with Crippen LogP contribution in [0, 0.1) is 6.92 Å². The lowest BCUT2D eigenvalue weighted by atomic mass is 10.1. The number of halogens is 1. The van der Waals surface area contributed by atoms with Crippen molar-refractivity contribution in [2.24, 2.45) is 0 Å². The first kappa shape index (κ1) is 14.6. The van der Waals surface area contributed by atoms with Gasteiger partial charge in [0, 0.05) is 10.6 Å². The molecule has 0 aromatic heterocycles. The summed E-state index contributed by atoms with van der Waals surface area (Å²) in [4.78, 5) is 12.3. The second-order valence-corrected chi connectivity index (χ2v) is 4.94. The normalized spacial score (nSPS) is 11.9. The van der Waals surface area contributed by atoms with Gasteiger partial charge in [-0.25, -0.2) is 0 Å². The molecule has 0 bridgehead atoms. The molecule has 20 heavy (non-hydrogen) atoms. The molecule has 0 saturated heterocycles. The summed E-state index contributed by atoms with van der Waals surface area (Å²) in [6.45, 7) is 1.64. The van der Waals surface area contributed by atoms with Crippen LogP contribution in [0.25, 0.3) is 0 Å². The third-order valence-electron chi connectivity index (χ3n) is 3.20. The fourth-order valence-electron chi connectivity index (χ4n) is 2.01. The lowest BCUT2D eigenvalue weighted by Gasteiger charge is -2.17. The Morgan fingerprint density at radius 1 is 1.20 bits per heavy atom. The summed E-state index contributed by atoms with van der Waals surface area (Å²) >= 11 is 6.02. The standard InChI is InChI=1S/C16H16ClNO2/c1-11-13(8-5-9-14(11)17)16(20)18-15(10-19)12-6-3-2-4-7-12/h2-9,15,19H,10H2,1H3,(H,18,20)/t15-/m0/s1. The van der Waals surface area contributed by atoms with Crippen molar-refractivity contribution >= 4 is 17.5 Å². The highest BCUT2D eigenvalue weighted by Gasteiger charge is 2.16. The number of aliphatic hydroxyl groups is 1. The zero-order chi connectivity index (χ0) is 14.5. The summed E-state index contributed by atoms with van der Waals surface area (Å²) in [7, 11) is 0. The van der Waals surface area contributed by atoms with E-state index >= 15 is 0 Å². The van der Waals surface area contributed by atoms with Crippen molar-refractivity contribution in [2.45, 2.75) is 13.0 Å². The van der Waals surface area contributed by atoms with E-state index in [1.165, 1.54) is 0 Å². The summed E-state index contributed by atoms with van der Waals surface area (Å²) in [5.74, 6) is -0.243. The van der Waals surface area contributed by atoms with Crippen molar-refractivity contribution in [2.75, 3.05) is 6.61 Å². The fraction of sp³-hybridized carbons (Fsp3) is 0.188. The lowest BCUT2D eigenvalue weighted by Crippen LogP contribution is -2.31. The van der Waals surface area contributed by atoms with Gasteiger partial charge in [-0.1, -0.05) is 48.0 Å². The first-order chi connectivity index (χ1) is 9.63. The Morgan fingerprint density at radius 2 is 1.90 bits per heavy atom. The van der Waals surface area contributed by atoms with Crippen LogP contribution in [0.15, 0.2) is 48.5 Å². The summed E-state index contributed by atoms with van der Waals surface area (Å²) in [5, 5.41) is 12.8. The zero-order valence-corrected chi connectivity index (χ0v) is 11.9. The maximum absolute atomic E-state index is 12.3. The van der Waals surface area contributed by atoms with E-state index in [2.05, 4.69) is 5.32 Å². The second kappa shape index (κ2) is 6.55. The number of carbonyl (C=O) groups is 1. The third kappa shape index (κ3) is 3.18. The van der Waals surface area contributed by atoms with Gasteiger partial charge in [-0.3, -0.25) is 4.79 Å². The van der Waals surface area contributed by atoms with Gasteiger partial charge in [0.2, 0.25) is 0 Å². The Balaban J connectivity index is 2.20. The van der Waals surface area contributed by atoms with E-state index in [4.69, 9.17) is 11.6 Å². The van der Waals surface area contributed by atoms with Gasteiger partial charge in [-0.15, -0.1) is 0 Å². The van der Waals surface area contributed by atoms with Crippen molar-refractivity contribution in [1.82, 2.24) is 5.32 Å². The van der Waals surface area contributed by atoms with Crippen molar-refractivity contribution < 1.29 is 9.90 Å². The summed E-state index contributed by atoms with van der Waals surface area (Å²) in [6, 6.07) is 14.1. The molecule has 104 valence electrons. The SMILES string of the molecule is Cc1c(Cl)cccc1C(=O)N[C@@H](CO)c1ccccc1. The van der Waals surface area contributed by atoms with E-state index in [1.54, 1.807) is 25.1 Å². The van der Waals surface area contributed by atoms with Gasteiger partial charge in [-0.05, 0) is 30.2 Å². The number of carbonyl (C=O) groups excluding carboxylic acids is 1. The molecule has 3 nitrogen and oxygen atoms in total. The largest absolute Gasteiger partial charge is 0.394 e. The quantitative estimate of drug-likeness (QED) is 0.908. The van der Waals surface area contributed by atoms with E-state index < -0.39 is 6.04 Å². The van der Waals surface area contributed by atoms with Crippen molar-refractivity contribution in [1.29, 1.82) is 0 Å². The monoisotopic (exact) mass is 289 g/mol. The number of hydrogen-bond donors (Lipinski definition) is 2. The first-order valence-corrected chi connectivity index (χ1v) is 6.73. The molecule has 2 rings (SSSR count). The van der Waals surface area contributed by atoms with Gasteiger partial charge in [0.25, 0.3) is 5.91 Å². The molecule has 2 aromatic carbocycles. The molecule has 2 aromatic rings. The molecule has 0 fully saturated rings. The van der Waals surface area contributed by atoms with Crippen LogP contribution in [0.3, 0.4) is 0 Å².